The summed E-state index contributed by atoms with van der Waals surface area (Å²) < 4.78 is 30.6. The van der Waals surface area contributed by atoms with E-state index >= 15 is 0 Å². The van der Waals surface area contributed by atoms with Crippen molar-refractivity contribution in [2.75, 3.05) is 6.61 Å². The van der Waals surface area contributed by atoms with Crippen molar-refractivity contribution in [3.05, 3.63) is 29.8 Å². The van der Waals surface area contributed by atoms with E-state index in [9.17, 15) is 8.78 Å². The molecule has 3 heteroatoms. The fourth-order valence-electron chi connectivity index (χ4n) is 1.42. The van der Waals surface area contributed by atoms with E-state index in [1.54, 1.807) is 0 Å². The quantitative estimate of drug-likeness (QED) is 0.723. The number of hydrogen-bond donors (Lipinski definition) is 0. The van der Waals surface area contributed by atoms with Crippen molar-refractivity contribution in [2.45, 2.75) is 19.3 Å². The molecule has 0 spiro atoms. The number of ether oxygens (including phenoxy) is 1. The first-order chi connectivity index (χ1) is 6.74. The van der Waals surface area contributed by atoms with Crippen molar-refractivity contribution < 1.29 is 13.5 Å². The van der Waals surface area contributed by atoms with Crippen molar-refractivity contribution >= 4 is 0 Å². The van der Waals surface area contributed by atoms with Crippen LogP contribution in [0, 0.1) is 23.6 Å². The molecule has 14 heavy (non-hydrogen) atoms. The molecule has 2 rings (SSSR count). The molecule has 0 unspecified atom stereocenters. The SMILES string of the molecule is Fc1[c]c(OCC2CCC2)cc(F)c1. The monoisotopic (exact) mass is 197 g/mol. The topological polar surface area (TPSA) is 9.23 Å². The molecule has 1 saturated carbocycles. The minimum atomic E-state index is -0.714. The van der Waals surface area contributed by atoms with E-state index < -0.39 is 11.6 Å². The minimum Gasteiger partial charge on any atom is -0.492 e. The van der Waals surface area contributed by atoms with Crippen LogP contribution < -0.4 is 4.74 Å². The van der Waals surface area contributed by atoms with Crippen molar-refractivity contribution in [1.29, 1.82) is 0 Å². The Morgan fingerprint density at radius 3 is 2.71 bits per heavy atom. The van der Waals surface area contributed by atoms with Crippen LogP contribution >= 0.6 is 0 Å². The summed E-state index contributed by atoms with van der Waals surface area (Å²) in [7, 11) is 0. The zero-order valence-electron chi connectivity index (χ0n) is 7.72. The normalized spacial score (nSPS) is 16.4. The lowest BCUT2D eigenvalue weighted by Crippen LogP contribution is -2.19. The molecular formula is C11H11F2O. The first kappa shape index (κ1) is 9.44. The molecule has 1 aromatic carbocycles. The Balaban J connectivity index is 1.94. The summed E-state index contributed by atoms with van der Waals surface area (Å²) in [5, 5.41) is 0. The van der Waals surface area contributed by atoms with E-state index in [2.05, 4.69) is 6.07 Å². The zero-order valence-corrected chi connectivity index (χ0v) is 7.72. The van der Waals surface area contributed by atoms with E-state index in [1.807, 2.05) is 0 Å². The van der Waals surface area contributed by atoms with Crippen LogP contribution in [-0.2, 0) is 0 Å². The van der Waals surface area contributed by atoms with Crippen LogP contribution in [0.3, 0.4) is 0 Å². The Morgan fingerprint density at radius 1 is 1.36 bits per heavy atom. The second kappa shape index (κ2) is 3.95. The van der Waals surface area contributed by atoms with E-state index in [0.717, 1.165) is 25.0 Å². The van der Waals surface area contributed by atoms with E-state index in [4.69, 9.17) is 4.74 Å². The first-order valence-electron chi connectivity index (χ1n) is 4.75. The molecule has 1 aliphatic rings. The molecule has 0 N–H and O–H groups in total. The van der Waals surface area contributed by atoms with Crippen LogP contribution in [0.5, 0.6) is 5.75 Å². The molecule has 1 fully saturated rings. The highest BCUT2D eigenvalue weighted by Gasteiger charge is 2.18. The van der Waals surface area contributed by atoms with Gasteiger partial charge in [0.2, 0.25) is 0 Å². The highest BCUT2D eigenvalue weighted by molar-refractivity contribution is 5.22. The van der Waals surface area contributed by atoms with Crippen LogP contribution in [-0.4, -0.2) is 6.61 Å². The third kappa shape index (κ3) is 2.22. The number of benzene rings is 1. The molecule has 1 aromatic rings. The van der Waals surface area contributed by atoms with Gasteiger partial charge in [-0.1, -0.05) is 6.42 Å². The first-order valence-corrected chi connectivity index (χ1v) is 4.75. The molecule has 0 atom stereocenters. The molecule has 1 radical (unpaired) electrons. The standard InChI is InChI=1S/C11H11F2O/c12-9-4-10(13)6-11(5-9)14-7-8-2-1-3-8/h4-5,8H,1-3,7H2. The van der Waals surface area contributed by atoms with E-state index in [0.29, 0.717) is 12.5 Å². The van der Waals surface area contributed by atoms with Crippen LogP contribution in [0.2, 0.25) is 0 Å². The molecule has 0 aromatic heterocycles. The van der Waals surface area contributed by atoms with Gasteiger partial charge in [-0.2, -0.15) is 0 Å². The lowest BCUT2D eigenvalue weighted by Gasteiger charge is -2.24. The number of hydrogen-bond acceptors (Lipinski definition) is 1. The van der Waals surface area contributed by atoms with Gasteiger partial charge in [-0.05, 0) is 18.8 Å². The lowest BCUT2D eigenvalue weighted by atomic mass is 9.86. The average Bonchev–Trinajstić information content (AvgIpc) is 1.99. The maximum Gasteiger partial charge on any atom is 0.137 e. The van der Waals surface area contributed by atoms with Gasteiger partial charge in [0.25, 0.3) is 0 Å². The Hall–Kier alpha value is -1.12. The average molecular weight is 197 g/mol. The summed E-state index contributed by atoms with van der Waals surface area (Å²) in [6.07, 6.45) is 3.53. The van der Waals surface area contributed by atoms with Gasteiger partial charge >= 0.3 is 0 Å². The zero-order chi connectivity index (χ0) is 9.97. The van der Waals surface area contributed by atoms with Gasteiger partial charge in [0.05, 0.1) is 12.7 Å². The fraction of sp³-hybridized carbons (Fsp3) is 0.455. The maximum absolute atomic E-state index is 12.7. The predicted octanol–water partition coefficient (Wildman–Crippen LogP) is 2.94. The molecule has 1 nitrogen and oxygen atoms in total. The van der Waals surface area contributed by atoms with Crippen molar-refractivity contribution in [3.63, 3.8) is 0 Å². The van der Waals surface area contributed by atoms with Crippen molar-refractivity contribution in [3.8, 4) is 5.75 Å². The van der Waals surface area contributed by atoms with E-state index in [1.165, 1.54) is 6.42 Å². The molecule has 0 saturated heterocycles. The second-order valence-electron chi connectivity index (χ2n) is 3.62. The van der Waals surface area contributed by atoms with Crippen LogP contribution in [0.1, 0.15) is 19.3 Å². The molecular weight excluding hydrogens is 186 g/mol. The largest absolute Gasteiger partial charge is 0.492 e. The Kier molecular flexibility index (Phi) is 2.66. The maximum atomic E-state index is 12.7. The highest BCUT2D eigenvalue weighted by atomic mass is 19.1. The molecule has 0 amide bonds. The molecule has 0 heterocycles. The molecule has 0 aliphatic heterocycles. The molecule has 0 bridgehead atoms. The Morgan fingerprint density at radius 2 is 2.14 bits per heavy atom. The Labute approximate surface area is 81.7 Å². The van der Waals surface area contributed by atoms with Gasteiger partial charge in [0.1, 0.15) is 17.4 Å². The van der Waals surface area contributed by atoms with Crippen LogP contribution in [0.15, 0.2) is 12.1 Å². The van der Waals surface area contributed by atoms with Gasteiger partial charge in [-0.15, -0.1) is 0 Å². The highest BCUT2D eigenvalue weighted by Crippen LogP contribution is 2.27. The van der Waals surface area contributed by atoms with Gasteiger partial charge in [0, 0.05) is 12.1 Å². The van der Waals surface area contributed by atoms with Crippen LogP contribution in [0.25, 0.3) is 0 Å². The van der Waals surface area contributed by atoms with Gasteiger partial charge in [-0.25, -0.2) is 8.78 Å². The summed E-state index contributed by atoms with van der Waals surface area (Å²) in [6.45, 7) is 0.541. The third-order valence-electron chi connectivity index (χ3n) is 2.48. The minimum absolute atomic E-state index is 0.161. The van der Waals surface area contributed by atoms with Gasteiger partial charge in [0.15, 0.2) is 0 Å². The second-order valence-corrected chi connectivity index (χ2v) is 3.62. The summed E-state index contributed by atoms with van der Waals surface area (Å²) in [5.74, 6) is -0.623. The summed E-state index contributed by atoms with van der Waals surface area (Å²) >= 11 is 0. The summed E-state index contributed by atoms with van der Waals surface area (Å²) in [4.78, 5) is 0. The lowest BCUT2D eigenvalue weighted by molar-refractivity contribution is 0.179. The third-order valence-corrected chi connectivity index (χ3v) is 2.48. The summed E-state index contributed by atoms with van der Waals surface area (Å²) in [5.41, 5.74) is 0. The molecule has 1 aliphatic carbocycles. The van der Waals surface area contributed by atoms with Crippen molar-refractivity contribution in [1.82, 2.24) is 0 Å². The Bertz CT molecular complexity index is 301. The molecule has 75 valence electrons. The smallest absolute Gasteiger partial charge is 0.137 e. The van der Waals surface area contributed by atoms with Gasteiger partial charge < -0.3 is 4.74 Å². The fourth-order valence-corrected chi connectivity index (χ4v) is 1.42. The van der Waals surface area contributed by atoms with Crippen molar-refractivity contribution in [2.24, 2.45) is 5.92 Å². The number of rotatable bonds is 3. The predicted molar refractivity (Wildman–Crippen MR) is 48.0 cm³/mol. The summed E-state index contributed by atoms with van der Waals surface area (Å²) in [6, 6.07) is 4.27. The van der Waals surface area contributed by atoms with E-state index in [-0.39, 0.29) is 5.75 Å². The number of halogens is 2. The van der Waals surface area contributed by atoms with Gasteiger partial charge in [-0.3, -0.25) is 0 Å². The van der Waals surface area contributed by atoms with Crippen LogP contribution in [0.4, 0.5) is 8.78 Å².